The van der Waals surface area contributed by atoms with E-state index in [0.29, 0.717) is 22.6 Å². The van der Waals surface area contributed by atoms with Crippen LogP contribution in [0.5, 0.6) is 11.5 Å². The molecule has 0 aromatic heterocycles. The van der Waals surface area contributed by atoms with Gasteiger partial charge in [0.25, 0.3) is 5.91 Å². The maximum absolute atomic E-state index is 12.1. The molecule has 2 aromatic carbocycles. The first kappa shape index (κ1) is 17.1. The molecule has 0 radical (unpaired) electrons. The molecule has 2 rings (SSSR count). The molecule has 0 spiro atoms. The van der Waals surface area contributed by atoms with Gasteiger partial charge >= 0.3 is 5.97 Å². The van der Waals surface area contributed by atoms with Gasteiger partial charge in [-0.3, -0.25) is 4.79 Å². The molecule has 0 aliphatic heterocycles. The van der Waals surface area contributed by atoms with E-state index in [2.05, 4.69) is 5.32 Å². The van der Waals surface area contributed by atoms with Gasteiger partial charge in [-0.25, -0.2) is 4.79 Å². The fraction of sp³-hybridized carbons (Fsp3) is 0.111. The van der Waals surface area contributed by atoms with Crippen LogP contribution in [0.4, 0.5) is 0 Å². The lowest BCUT2D eigenvalue weighted by Crippen LogP contribution is -2.27. The third-order valence-electron chi connectivity index (χ3n) is 3.23. The molecule has 0 unspecified atom stereocenters. The Hall–Kier alpha value is -3.28. The molecule has 1 amide bonds. The predicted octanol–water partition coefficient (Wildman–Crippen LogP) is 2.56. The topological polar surface area (TPSA) is 84.9 Å². The van der Waals surface area contributed by atoms with Crippen LogP contribution in [-0.2, 0) is 4.79 Å². The lowest BCUT2D eigenvalue weighted by atomic mass is 10.1. The van der Waals surface area contributed by atoms with Crippen molar-refractivity contribution < 1.29 is 24.2 Å². The summed E-state index contributed by atoms with van der Waals surface area (Å²) in [7, 11) is 3.00. The Bertz CT molecular complexity index is 768. The Morgan fingerprint density at radius 2 is 1.67 bits per heavy atom. The number of carbonyl (C=O) groups is 2. The Labute approximate surface area is 139 Å². The van der Waals surface area contributed by atoms with Crippen molar-refractivity contribution in [3.8, 4) is 11.5 Å². The average Bonchev–Trinajstić information content (AvgIpc) is 2.61. The van der Waals surface area contributed by atoms with Crippen LogP contribution < -0.4 is 14.8 Å². The molecule has 124 valence electrons. The summed E-state index contributed by atoms with van der Waals surface area (Å²) >= 11 is 0. The zero-order valence-corrected chi connectivity index (χ0v) is 13.3. The van der Waals surface area contributed by atoms with Crippen LogP contribution in [0.2, 0.25) is 0 Å². The minimum absolute atomic E-state index is 0.240. The summed E-state index contributed by atoms with van der Waals surface area (Å²) in [6.45, 7) is 0. The zero-order valence-electron chi connectivity index (χ0n) is 13.3. The van der Waals surface area contributed by atoms with Crippen LogP contribution in [0.25, 0.3) is 6.08 Å². The fourth-order valence-corrected chi connectivity index (χ4v) is 2.04. The largest absolute Gasteiger partial charge is 0.493 e. The molecule has 0 fully saturated rings. The quantitative estimate of drug-likeness (QED) is 0.797. The number of methoxy groups -OCH3 is 2. The van der Waals surface area contributed by atoms with Crippen LogP contribution in [0, 0.1) is 0 Å². The third-order valence-corrected chi connectivity index (χ3v) is 3.23. The number of ether oxygens (including phenoxy) is 2. The molecule has 0 atom stereocenters. The second-order valence-corrected chi connectivity index (χ2v) is 4.80. The van der Waals surface area contributed by atoms with E-state index in [4.69, 9.17) is 9.47 Å². The highest BCUT2D eigenvalue weighted by molar-refractivity contribution is 6.02. The van der Waals surface area contributed by atoms with Crippen molar-refractivity contribution in [3.05, 3.63) is 65.4 Å². The number of nitrogens with one attached hydrogen (secondary N) is 1. The number of benzene rings is 2. The van der Waals surface area contributed by atoms with E-state index in [1.54, 1.807) is 48.5 Å². The van der Waals surface area contributed by atoms with Crippen molar-refractivity contribution >= 4 is 18.0 Å². The fourth-order valence-electron chi connectivity index (χ4n) is 2.04. The van der Waals surface area contributed by atoms with Gasteiger partial charge in [0.15, 0.2) is 11.5 Å². The summed E-state index contributed by atoms with van der Waals surface area (Å²) in [5.74, 6) is -0.746. The SMILES string of the molecule is COc1ccc(/C=C(\NC(=O)c2ccccc2)C(=O)O)cc1OC. The second kappa shape index (κ2) is 7.82. The molecule has 6 nitrogen and oxygen atoms in total. The van der Waals surface area contributed by atoms with Crippen molar-refractivity contribution in [1.82, 2.24) is 5.32 Å². The maximum atomic E-state index is 12.1. The first-order valence-electron chi connectivity index (χ1n) is 7.08. The van der Waals surface area contributed by atoms with E-state index < -0.39 is 11.9 Å². The molecule has 2 aromatic rings. The number of carbonyl (C=O) groups excluding carboxylic acids is 1. The molecule has 0 saturated heterocycles. The monoisotopic (exact) mass is 327 g/mol. The third kappa shape index (κ3) is 4.13. The number of carboxylic acids is 1. The number of aliphatic carboxylic acids is 1. The van der Waals surface area contributed by atoms with Crippen molar-refractivity contribution in [1.29, 1.82) is 0 Å². The Morgan fingerprint density at radius 3 is 2.25 bits per heavy atom. The number of rotatable bonds is 6. The molecule has 0 aliphatic rings. The van der Waals surface area contributed by atoms with Crippen LogP contribution in [0.1, 0.15) is 15.9 Å². The summed E-state index contributed by atoms with van der Waals surface area (Å²) in [6.07, 6.45) is 1.35. The van der Waals surface area contributed by atoms with Gasteiger partial charge in [0.05, 0.1) is 14.2 Å². The van der Waals surface area contributed by atoms with Crippen molar-refractivity contribution in [2.75, 3.05) is 14.2 Å². The van der Waals surface area contributed by atoms with E-state index in [-0.39, 0.29) is 5.70 Å². The van der Waals surface area contributed by atoms with Gasteiger partial charge in [-0.1, -0.05) is 24.3 Å². The highest BCUT2D eigenvalue weighted by atomic mass is 16.5. The standard InChI is InChI=1S/C18H17NO5/c1-23-15-9-8-12(11-16(15)24-2)10-14(18(21)22)19-17(20)13-6-4-3-5-7-13/h3-11H,1-2H3,(H,19,20)(H,21,22)/b14-10-. The van der Waals surface area contributed by atoms with E-state index >= 15 is 0 Å². The molecule has 2 N–H and O–H groups in total. The summed E-state index contributed by atoms with van der Waals surface area (Å²) < 4.78 is 10.3. The Morgan fingerprint density at radius 1 is 1.00 bits per heavy atom. The van der Waals surface area contributed by atoms with Gasteiger partial charge in [-0.05, 0) is 35.9 Å². The Balaban J connectivity index is 2.29. The van der Waals surface area contributed by atoms with E-state index in [9.17, 15) is 14.7 Å². The summed E-state index contributed by atoms with van der Waals surface area (Å²) in [6, 6.07) is 13.3. The van der Waals surface area contributed by atoms with Crippen LogP contribution in [0.15, 0.2) is 54.2 Å². The van der Waals surface area contributed by atoms with Crippen molar-refractivity contribution in [2.45, 2.75) is 0 Å². The number of amides is 1. The highest BCUT2D eigenvalue weighted by Crippen LogP contribution is 2.28. The number of hydrogen-bond acceptors (Lipinski definition) is 4. The molecular weight excluding hydrogens is 310 g/mol. The smallest absolute Gasteiger partial charge is 0.352 e. The van der Waals surface area contributed by atoms with Gasteiger partial charge in [0.1, 0.15) is 5.70 Å². The predicted molar refractivity (Wildman–Crippen MR) is 89.1 cm³/mol. The first-order valence-corrected chi connectivity index (χ1v) is 7.08. The normalized spacial score (nSPS) is 10.8. The van der Waals surface area contributed by atoms with Crippen LogP contribution in [-0.4, -0.2) is 31.2 Å². The van der Waals surface area contributed by atoms with Gasteiger partial charge < -0.3 is 19.9 Å². The first-order chi connectivity index (χ1) is 11.5. The lowest BCUT2D eigenvalue weighted by molar-refractivity contribution is -0.132. The number of hydrogen-bond donors (Lipinski definition) is 2. The van der Waals surface area contributed by atoms with E-state index in [0.717, 1.165) is 0 Å². The summed E-state index contributed by atoms with van der Waals surface area (Å²) in [4.78, 5) is 23.5. The van der Waals surface area contributed by atoms with Crippen molar-refractivity contribution in [2.24, 2.45) is 0 Å². The summed E-state index contributed by atoms with van der Waals surface area (Å²) in [5.41, 5.74) is 0.687. The van der Waals surface area contributed by atoms with Crippen LogP contribution >= 0.6 is 0 Å². The molecule has 0 saturated carbocycles. The van der Waals surface area contributed by atoms with Crippen LogP contribution in [0.3, 0.4) is 0 Å². The van der Waals surface area contributed by atoms with E-state index in [1.165, 1.54) is 20.3 Å². The van der Waals surface area contributed by atoms with Gasteiger partial charge in [0.2, 0.25) is 0 Å². The lowest BCUT2D eigenvalue weighted by Gasteiger charge is -2.09. The zero-order chi connectivity index (χ0) is 17.5. The molecule has 0 heterocycles. The molecule has 24 heavy (non-hydrogen) atoms. The van der Waals surface area contributed by atoms with Gasteiger partial charge in [-0.15, -0.1) is 0 Å². The minimum atomic E-state index is -1.24. The second-order valence-electron chi connectivity index (χ2n) is 4.80. The summed E-state index contributed by atoms with van der Waals surface area (Å²) in [5, 5.41) is 11.7. The molecule has 0 aliphatic carbocycles. The molecule has 6 heteroatoms. The van der Waals surface area contributed by atoms with Crippen molar-refractivity contribution in [3.63, 3.8) is 0 Å². The Kier molecular flexibility index (Phi) is 5.57. The number of carboxylic acid groups (broad SMARTS) is 1. The highest BCUT2D eigenvalue weighted by Gasteiger charge is 2.14. The van der Waals surface area contributed by atoms with Gasteiger partial charge in [-0.2, -0.15) is 0 Å². The average molecular weight is 327 g/mol. The maximum Gasteiger partial charge on any atom is 0.352 e. The molecular formula is C18H17NO5. The van der Waals surface area contributed by atoms with E-state index in [1.807, 2.05) is 0 Å². The molecule has 0 bridgehead atoms. The van der Waals surface area contributed by atoms with Gasteiger partial charge in [0, 0.05) is 5.56 Å². The minimum Gasteiger partial charge on any atom is -0.493 e.